The van der Waals surface area contributed by atoms with Gasteiger partial charge in [-0.05, 0) is 25.1 Å². The fraction of sp³-hybridized carbons (Fsp3) is 0.385. The van der Waals surface area contributed by atoms with Crippen molar-refractivity contribution in [2.75, 3.05) is 25.0 Å². The van der Waals surface area contributed by atoms with E-state index < -0.39 is 17.7 Å². The number of carbonyl (C=O) groups is 2. The summed E-state index contributed by atoms with van der Waals surface area (Å²) >= 11 is 0. The molecule has 1 heterocycles. The molecule has 2 rings (SSSR count). The molecule has 1 saturated heterocycles. The van der Waals surface area contributed by atoms with Crippen molar-refractivity contribution in [3.8, 4) is 0 Å². The zero-order valence-corrected chi connectivity index (χ0v) is 10.9. The molecule has 0 saturated carbocycles. The smallest absolute Gasteiger partial charge is 0.337 e. The summed E-state index contributed by atoms with van der Waals surface area (Å²) < 4.78 is 18.5. The van der Waals surface area contributed by atoms with E-state index in [1.54, 1.807) is 0 Å². The highest BCUT2D eigenvalue weighted by Crippen LogP contribution is 2.18. The standard InChI is InChI=1S/C13H15FN2O4/c1-13(6-15-7-13)20-5-11(17)16-10-4-8(14)2-3-9(10)12(18)19/h2-4,15H,5-7H2,1H3,(H,16,17)(H,18,19). The van der Waals surface area contributed by atoms with E-state index in [0.717, 1.165) is 18.2 Å². The first-order chi connectivity index (χ1) is 9.39. The van der Waals surface area contributed by atoms with Gasteiger partial charge in [-0.25, -0.2) is 9.18 Å². The summed E-state index contributed by atoms with van der Waals surface area (Å²) in [6.07, 6.45) is 0. The van der Waals surface area contributed by atoms with Crippen LogP contribution in [0.1, 0.15) is 17.3 Å². The predicted molar refractivity (Wildman–Crippen MR) is 69.2 cm³/mol. The van der Waals surface area contributed by atoms with Gasteiger partial charge in [0.25, 0.3) is 0 Å². The molecule has 0 bridgehead atoms. The highest BCUT2D eigenvalue weighted by atomic mass is 19.1. The second kappa shape index (κ2) is 5.56. The summed E-state index contributed by atoms with van der Waals surface area (Å²) in [4.78, 5) is 22.7. The number of carbonyl (C=O) groups excluding carboxylic acids is 1. The topological polar surface area (TPSA) is 87.7 Å². The van der Waals surface area contributed by atoms with E-state index in [1.807, 2.05) is 6.92 Å². The van der Waals surface area contributed by atoms with Gasteiger partial charge < -0.3 is 20.5 Å². The Labute approximate surface area is 114 Å². The summed E-state index contributed by atoms with van der Waals surface area (Å²) in [7, 11) is 0. The van der Waals surface area contributed by atoms with Gasteiger partial charge in [-0.3, -0.25) is 4.79 Å². The van der Waals surface area contributed by atoms with Crippen LogP contribution in [-0.4, -0.2) is 42.3 Å². The molecular weight excluding hydrogens is 267 g/mol. The number of halogens is 1. The van der Waals surface area contributed by atoms with Gasteiger partial charge in [0, 0.05) is 13.1 Å². The van der Waals surface area contributed by atoms with Crippen molar-refractivity contribution in [2.45, 2.75) is 12.5 Å². The van der Waals surface area contributed by atoms with Gasteiger partial charge in [0.2, 0.25) is 5.91 Å². The van der Waals surface area contributed by atoms with Crippen LogP contribution in [0.5, 0.6) is 0 Å². The third-order valence-electron chi connectivity index (χ3n) is 3.04. The van der Waals surface area contributed by atoms with Gasteiger partial charge >= 0.3 is 5.97 Å². The van der Waals surface area contributed by atoms with Crippen LogP contribution in [0.4, 0.5) is 10.1 Å². The molecule has 0 atom stereocenters. The van der Waals surface area contributed by atoms with Crippen molar-refractivity contribution in [2.24, 2.45) is 0 Å². The quantitative estimate of drug-likeness (QED) is 0.745. The summed E-state index contributed by atoms with van der Waals surface area (Å²) in [6, 6.07) is 3.09. The molecule has 1 amide bonds. The number of anilines is 1. The fourth-order valence-electron chi connectivity index (χ4n) is 1.81. The Morgan fingerprint density at radius 3 is 2.75 bits per heavy atom. The molecule has 0 radical (unpaired) electrons. The van der Waals surface area contributed by atoms with Crippen LogP contribution in [0, 0.1) is 5.82 Å². The zero-order valence-electron chi connectivity index (χ0n) is 10.9. The lowest BCUT2D eigenvalue weighted by molar-refractivity contribution is -0.130. The maximum atomic E-state index is 13.1. The summed E-state index contributed by atoms with van der Waals surface area (Å²) in [5.41, 5.74) is -0.631. The van der Waals surface area contributed by atoms with E-state index in [1.165, 1.54) is 0 Å². The number of nitrogens with one attached hydrogen (secondary N) is 2. The van der Waals surface area contributed by atoms with Crippen LogP contribution >= 0.6 is 0 Å². The maximum Gasteiger partial charge on any atom is 0.337 e. The van der Waals surface area contributed by atoms with Gasteiger partial charge in [0.15, 0.2) is 0 Å². The second-order valence-corrected chi connectivity index (χ2v) is 4.89. The summed E-state index contributed by atoms with van der Waals surface area (Å²) in [6.45, 7) is 2.95. The van der Waals surface area contributed by atoms with Crippen molar-refractivity contribution in [1.29, 1.82) is 0 Å². The number of carboxylic acid groups (broad SMARTS) is 1. The van der Waals surface area contributed by atoms with Crippen LogP contribution < -0.4 is 10.6 Å². The molecule has 3 N–H and O–H groups in total. The van der Waals surface area contributed by atoms with E-state index in [-0.39, 0.29) is 23.5 Å². The highest BCUT2D eigenvalue weighted by Gasteiger charge is 2.33. The first-order valence-electron chi connectivity index (χ1n) is 6.07. The molecule has 20 heavy (non-hydrogen) atoms. The van der Waals surface area contributed by atoms with Gasteiger partial charge in [-0.1, -0.05) is 0 Å². The summed E-state index contributed by atoms with van der Waals surface area (Å²) in [5, 5.41) is 14.3. The minimum atomic E-state index is -1.24. The largest absolute Gasteiger partial charge is 0.478 e. The number of ether oxygens (including phenoxy) is 1. The van der Waals surface area contributed by atoms with Crippen LogP contribution in [-0.2, 0) is 9.53 Å². The highest BCUT2D eigenvalue weighted by molar-refractivity contribution is 6.00. The van der Waals surface area contributed by atoms with Gasteiger partial charge in [0.1, 0.15) is 12.4 Å². The average Bonchev–Trinajstić information content (AvgIpc) is 2.33. The Balaban J connectivity index is 1.99. The first kappa shape index (κ1) is 14.4. The average molecular weight is 282 g/mol. The number of carboxylic acids is 1. The Kier molecular flexibility index (Phi) is 4.01. The van der Waals surface area contributed by atoms with Gasteiger partial charge in [-0.2, -0.15) is 0 Å². The molecule has 6 nitrogen and oxygen atoms in total. The van der Waals surface area contributed by atoms with Crippen molar-refractivity contribution >= 4 is 17.6 Å². The molecule has 1 aromatic rings. The number of aromatic carboxylic acids is 1. The SMILES string of the molecule is CC1(OCC(=O)Nc2cc(F)ccc2C(=O)O)CNC1. The predicted octanol–water partition coefficient (Wildman–Crippen LogP) is 0.841. The molecule has 0 aromatic heterocycles. The third-order valence-corrected chi connectivity index (χ3v) is 3.04. The van der Waals surface area contributed by atoms with Crippen molar-refractivity contribution < 1.29 is 23.8 Å². The molecule has 7 heteroatoms. The monoisotopic (exact) mass is 282 g/mol. The van der Waals surface area contributed by atoms with E-state index >= 15 is 0 Å². The van der Waals surface area contributed by atoms with E-state index in [0.29, 0.717) is 13.1 Å². The number of amides is 1. The Hall–Kier alpha value is -1.99. The van der Waals surface area contributed by atoms with Crippen molar-refractivity contribution in [3.05, 3.63) is 29.6 Å². The van der Waals surface area contributed by atoms with E-state index in [4.69, 9.17) is 9.84 Å². The number of benzene rings is 1. The lowest BCUT2D eigenvalue weighted by Gasteiger charge is -2.38. The molecule has 0 spiro atoms. The number of hydrogen-bond donors (Lipinski definition) is 3. The molecule has 1 aliphatic heterocycles. The molecule has 0 unspecified atom stereocenters. The molecule has 1 aliphatic rings. The first-order valence-corrected chi connectivity index (χ1v) is 6.07. The molecule has 1 aromatic carbocycles. The fourth-order valence-corrected chi connectivity index (χ4v) is 1.81. The lowest BCUT2D eigenvalue weighted by Crippen LogP contribution is -2.59. The number of hydrogen-bond acceptors (Lipinski definition) is 4. The summed E-state index contributed by atoms with van der Waals surface area (Å²) in [5.74, 6) is -2.39. The zero-order chi connectivity index (χ0) is 14.8. The van der Waals surface area contributed by atoms with Crippen LogP contribution in [0.2, 0.25) is 0 Å². The molecule has 108 valence electrons. The molecular formula is C13H15FN2O4. The van der Waals surface area contributed by atoms with Crippen molar-refractivity contribution in [1.82, 2.24) is 5.32 Å². The third kappa shape index (κ3) is 3.31. The maximum absolute atomic E-state index is 13.1. The lowest BCUT2D eigenvalue weighted by atomic mass is 10.0. The normalized spacial score (nSPS) is 16.3. The van der Waals surface area contributed by atoms with Crippen molar-refractivity contribution in [3.63, 3.8) is 0 Å². The Bertz CT molecular complexity index is 543. The van der Waals surface area contributed by atoms with Crippen LogP contribution in [0.15, 0.2) is 18.2 Å². The van der Waals surface area contributed by atoms with E-state index in [9.17, 15) is 14.0 Å². The molecule has 0 aliphatic carbocycles. The van der Waals surface area contributed by atoms with E-state index in [2.05, 4.69) is 10.6 Å². The number of rotatable bonds is 5. The Morgan fingerprint density at radius 2 is 2.20 bits per heavy atom. The minimum absolute atomic E-state index is 0.0806. The van der Waals surface area contributed by atoms with Gasteiger partial charge in [-0.15, -0.1) is 0 Å². The Morgan fingerprint density at radius 1 is 1.50 bits per heavy atom. The van der Waals surface area contributed by atoms with Crippen LogP contribution in [0.25, 0.3) is 0 Å². The van der Waals surface area contributed by atoms with Gasteiger partial charge in [0.05, 0.1) is 16.9 Å². The van der Waals surface area contributed by atoms with Crippen LogP contribution in [0.3, 0.4) is 0 Å². The molecule has 1 fully saturated rings. The minimum Gasteiger partial charge on any atom is -0.478 e. The second-order valence-electron chi connectivity index (χ2n) is 4.89.